The van der Waals surface area contributed by atoms with Crippen molar-refractivity contribution in [2.24, 2.45) is 0 Å². The zero-order valence-electron chi connectivity index (χ0n) is 6.34. The van der Waals surface area contributed by atoms with E-state index in [0.717, 1.165) is 0 Å². The minimum absolute atomic E-state index is 0.145. The summed E-state index contributed by atoms with van der Waals surface area (Å²) >= 11 is 0.716. The van der Waals surface area contributed by atoms with E-state index >= 15 is 0 Å². The molecule has 0 bridgehead atoms. The molecular formula is C7H6O5S. The molecular weight excluding hydrogens is 196 g/mol. The second-order valence-electron chi connectivity index (χ2n) is 2.06. The van der Waals surface area contributed by atoms with Gasteiger partial charge in [-0.2, -0.15) is 0 Å². The summed E-state index contributed by atoms with van der Waals surface area (Å²) in [4.78, 5) is 11.0. The first-order chi connectivity index (χ1) is 6.24. The molecule has 0 aliphatic heterocycles. The van der Waals surface area contributed by atoms with Gasteiger partial charge in [-0.05, 0) is 18.2 Å². The molecule has 0 atom stereocenters. The van der Waals surface area contributed by atoms with E-state index in [0.29, 0.717) is 16.9 Å². The van der Waals surface area contributed by atoms with Gasteiger partial charge in [-0.25, -0.2) is 10.1 Å². The number of carbonyl (C=O) groups is 1. The molecule has 0 fully saturated rings. The number of rotatable bonds is 4. The molecule has 0 aromatic heterocycles. The van der Waals surface area contributed by atoms with Crippen LogP contribution in [0.15, 0.2) is 29.2 Å². The molecule has 2 N–H and O–H groups in total. The molecule has 0 spiro atoms. The van der Waals surface area contributed by atoms with Gasteiger partial charge >= 0.3 is 5.97 Å². The van der Waals surface area contributed by atoms with Crippen LogP contribution in [0.3, 0.4) is 0 Å². The molecule has 0 amide bonds. The highest BCUT2D eigenvalue weighted by Gasteiger charge is 2.03. The minimum atomic E-state index is -1.02. The Morgan fingerprint density at radius 2 is 2.23 bits per heavy atom. The van der Waals surface area contributed by atoms with E-state index in [9.17, 15) is 4.79 Å². The molecule has 0 saturated heterocycles. The predicted molar refractivity (Wildman–Crippen MR) is 44.1 cm³/mol. The largest absolute Gasteiger partial charge is 0.478 e. The smallest absolute Gasteiger partial charge is 0.335 e. The Morgan fingerprint density at radius 3 is 2.85 bits per heavy atom. The van der Waals surface area contributed by atoms with Gasteiger partial charge in [0.05, 0.1) is 17.6 Å². The highest BCUT2D eigenvalue weighted by Crippen LogP contribution is 2.19. The molecule has 0 saturated carbocycles. The quantitative estimate of drug-likeness (QED) is 0.440. The van der Waals surface area contributed by atoms with Crippen molar-refractivity contribution in [3.8, 4) is 0 Å². The number of hydrogen-bond acceptors (Lipinski definition) is 5. The molecule has 13 heavy (non-hydrogen) atoms. The summed E-state index contributed by atoms with van der Waals surface area (Å²) < 4.78 is 4.13. The average molecular weight is 202 g/mol. The fourth-order valence-electron chi connectivity index (χ4n) is 0.735. The van der Waals surface area contributed by atoms with Crippen LogP contribution in [0.5, 0.6) is 0 Å². The van der Waals surface area contributed by atoms with Gasteiger partial charge in [0.1, 0.15) is 0 Å². The maximum Gasteiger partial charge on any atom is 0.335 e. The standard InChI is InChI=1S/C7H6O5S/c8-7(9)5-2-1-3-6(4-5)13-12-11-10/h1-4,10H,(H,8,9). The summed E-state index contributed by atoms with van der Waals surface area (Å²) in [5.41, 5.74) is 0.145. The Hall–Kier alpha value is -1.08. The summed E-state index contributed by atoms with van der Waals surface area (Å²) in [6, 6.07) is 6.03. The molecule has 0 aliphatic rings. The molecule has 0 radical (unpaired) electrons. The molecule has 6 heteroatoms. The van der Waals surface area contributed by atoms with Crippen molar-refractivity contribution in [1.29, 1.82) is 0 Å². The maximum absolute atomic E-state index is 10.5. The SMILES string of the molecule is O=C(O)c1cccc(SOOO)c1. The van der Waals surface area contributed by atoms with E-state index in [1.54, 1.807) is 12.1 Å². The van der Waals surface area contributed by atoms with Crippen LogP contribution in [0, 0.1) is 0 Å². The third-order valence-corrected chi connectivity index (χ3v) is 1.82. The van der Waals surface area contributed by atoms with E-state index in [1.165, 1.54) is 12.1 Å². The molecule has 0 unspecified atom stereocenters. The number of carboxylic acids is 1. The summed E-state index contributed by atoms with van der Waals surface area (Å²) in [7, 11) is 0. The molecule has 0 heterocycles. The summed E-state index contributed by atoms with van der Waals surface area (Å²) in [5, 5.41) is 19.8. The highest BCUT2D eigenvalue weighted by atomic mass is 32.2. The van der Waals surface area contributed by atoms with E-state index in [1.807, 2.05) is 0 Å². The van der Waals surface area contributed by atoms with Crippen LogP contribution in [-0.4, -0.2) is 16.3 Å². The third kappa shape index (κ3) is 3.03. The van der Waals surface area contributed by atoms with Gasteiger partial charge in [0, 0.05) is 4.90 Å². The first-order valence-corrected chi connectivity index (χ1v) is 3.96. The molecule has 0 aliphatic carbocycles. The van der Waals surface area contributed by atoms with Crippen LogP contribution < -0.4 is 0 Å². The van der Waals surface area contributed by atoms with Gasteiger partial charge in [0.25, 0.3) is 0 Å². The Morgan fingerprint density at radius 1 is 1.46 bits per heavy atom. The van der Waals surface area contributed by atoms with Gasteiger partial charge in [-0.15, -0.1) is 4.33 Å². The lowest BCUT2D eigenvalue weighted by molar-refractivity contribution is -0.432. The van der Waals surface area contributed by atoms with E-state index < -0.39 is 5.97 Å². The van der Waals surface area contributed by atoms with Gasteiger partial charge < -0.3 is 5.11 Å². The zero-order chi connectivity index (χ0) is 9.68. The van der Waals surface area contributed by atoms with Crippen LogP contribution in [0.1, 0.15) is 10.4 Å². The first-order valence-electron chi connectivity index (χ1n) is 3.22. The van der Waals surface area contributed by atoms with Crippen molar-refractivity contribution in [3.05, 3.63) is 29.8 Å². The lowest BCUT2D eigenvalue weighted by Gasteiger charge is -1.98. The van der Waals surface area contributed by atoms with Crippen molar-refractivity contribution in [2.75, 3.05) is 0 Å². The Bertz CT molecular complexity index is 301. The van der Waals surface area contributed by atoms with E-state index in [-0.39, 0.29) is 5.56 Å². The second kappa shape index (κ2) is 4.83. The third-order valence-electron chi connectivity index (χ3n) is 1.24. The zero-order valence-corrected chi connectivity index (χ0v) is 7.15. The molecule has 1 aromatic carbocycles. The second-order valence-corrected chi connectivity index (χ2v) is 2.83. The van der Waals surface area contributed by atoms with Gasteiger partial charge in [0.2, 0.25) is 0 Å². The summed E-state index contributed by atoms with van der Waals surface area (Å²) in [6.07, 6.45) is 0. The van der Waals surface area contributed by atoms with Crippen LogP contribution in [0.2, 0.25) is 0 Å². The number of carboxylic acid groups (broad SMARTS) is 1. The van der Waals surface area contributed by atoms with Crippen molar-refractivity contribution >= 4 is 18.0 Å². The number of benzene rings is 1. The fraction of sp³-hybridized carbons (Fsp3) is 0. The van der Waals surface area contributed by atoms with Crippen molar-refractivity contribution < 1.29 is 24.5 Å². The Balaban J connectivity index is 2.73. The molecule has 5 nitrogen and oxygen atoms in total. The molecule has 70 valence electrons. The van der Waals surface area contributed by atoms with Gasteiger partial charge in [-0.1, -0.05) is 11.1 Å². The van der Waals surface area contributed by atoms with Crippen LogP contribution in [0.4, 0.5) is 0 Å². The predicted octanol–water partition coefficient (Wildman–Crippen LogP) is 1.81. The van der Waals surface area contributed by atoms with Gasteiger partial charge in [-0.3, -0.25) is 0 Å². The lowest BCUT2D eigenvalue weighted by atomic mass is 10.2. The minimum Gasteiger partial charge on any atom is -0.478 e. The van der Waals surface area contributed by atoms with E-state index in [2.05, 4.69) is 9.37 Å². The first kappa shape index (κ1) is 10.0. The summed E-state index contributed by atoms with van der Waals surface area (Å²) in [5.74, 6) is -1.02. The summed E-state index contributed by atoms with van der Waals surface area (Å²) in [6.45, 7) is 0. The fourth-order valence-corrected chi connectivity index (χ4v) is 1.15. The van der Waals surface area contributed by atoms with Crippen molar-refractivity contribution in [3.63, 3.8) is 0 Å². The Labute approximate surface area is 78.0 Å². The maximum atomic E-state index is 10.5. The van der Waals surface area contributed by atoms with Crippen LogP contribution in [0.25, 0.3) is 0 Å². The van der Waals surface area contributed by atoms with Crippen molar-refractivity contribution in [1.82, 2.24) is 0 Å². The Kier molecular flexibility index (Phi) is 3.71. The molecule has 1 aromatic rings. The van der Waals surface area contributed by atoms with Crippen LogP contribution >= 0.6 is 12.0 Å². The highest BCUT2D eigenvalue weighted by molar-refractivity contribution is 7.94. The number of hydrogen-bond donors (Lipinski definition) is 2. The monoisotopic (exact) mass is 202 g/mol. The average Bonchev–Trinajstić information content (AvgIpc) is 2.15. The lowest BCUT2D eigenvalue weighted by Crippen LogP contribution is -1.95. The molecule has 1 rings (SSSR count). The number of aromatic carboxylic acids is 1. The van der Waals surface area contributed by atoms with Gasteiger partial charge in [0.15, 0.2) is 0 Å². The van der Waals surface area contributed by atoms with E-state index in [4.69, 9.17) is 10.4 Å². The van der Waals surface area contributed by atoms with Crippen molar-refractivity contribution in [2.45, 2.75) is 4.90 Å². The topological polar surface area (TPSA) is 76.0 Å². The normalized spacial score (nSPS) is 9.92. The van der Waals surface area contributed by atoms with Crippen LogP contribution in [-0.2, 0) is 9.37 Å².